The molecule has 2 aromatic carbocycles. The summed E-state index contributed by atoms with van der Waals surface area (Å²) in [4.78, 5) is 14.3. The van der Waals surface area contributed by atoms with Crippen LogP contribution in [0, 0.1) is 13.8 Å². The molecule has 0 radical (unpaired) electrons. The number of carbonyl (C=O) groups is 1. The van der Waals surface area contributed by atoms with Crippen LogP contribution in [0.2, 0.25) is 0 Å². The van der Waals surface area contributed by atoms with Crippen molar-refractivity contribution in [3.63, 3.8) is 0 Å². The first kappa shape index (κ1) is 23.7. The van der Waals surface area contributed by atoms with Gasteiger partial charge in [-0.15, -0.1) is 0 Å². The van der Waals surface area contributed by atoms with Crippen molar-refractivity contribution in [1.29, 1.82) is 0 Å². The molecule has 0 unspecified atom stereocenters. The van der Waals surface area contributed by atoms with Gasteiger partial charge in [0.25, 0.3) is 0 Å². The molecule has 0 atom stereocenters. The third-order valence-corrected chi connectivity index (χ3v) is 6.94. The Morgan fingerprint density at radius 1 is 1.09 bits per heavy atom. The molecule has 1 heterocycles. The van der Waals surface area contributed by atoms with Gasteiger partial charge in [-0.2, -0.15) is 5.10 Å². The second-order valence-electron chi connectivity index (χ2n) is 7.98. The second kappa shape index (κ2) is 10.6. The number of sulfonamides is 1. The van der Waals surface area contributed by atoms with Crippen molar-refractivity contribution in [1.82, 2.24) is 19.8 Å². The fourth-order valence-corrected chi connectivity index (χ4v) is 4.80. The summed E-state index contributed by atoms with van der Waals surface area (Å²) in [6.07, 6.45) is 1.67. The normalized spacial score (nSPS) is 11.5. The average Bonchev–Trinajstić information content (AvgIpc) is 3.22. The maximum absolute atomic E-state index is 12.5. The standard InChI is InChI=1S/C24H30N4O3S/c1-18-11-12-23(19(2)16-18)32(30,31)25-14-13-24(29)28(3)15-7-10-21-17-22(27-26-21)20-8-5-4-6-9-20/h4-6,8-9,11-12,16-17,25H,7,10,13-15H2,1-3H3,(H,26,27). The molecule has 2 N–H and O–H groups in total. The summed E-state index contributed by atoms with van der Waals surface area (Å²) in [7, 11) is -1.90. The summed E-state index contributed by atoms with van der Waals surface area (Å²) in [5, 5.41) is 7.40. The molecule has 3 aromatic rings. The minimum atomic E-state index is -3.63. The fourth-order valence-electron chi connectivity index (χ4n) is 3.54. The van der Waals surface area contributed by atoms with E-state index in [1.165, 1.54) is 0 Å². The van der Waals surface area contributed by atoms with Crippen LogP contribution in [0.25, 0.3) is 11.3 Å². The van der Waals surface area contributed by atoms with Gasteiger partial charge in [-0.3, -0.25) is 9.89 Å². The number of hydrogen-bond donors (Lipinski definition) is 2. The van der Waals surface area contributed by atoms with Crippen molar-refractivity contribution in [2.45, 2.75) is 38.0 Å². The Bertz CT molecular complexity index is 1160. The molecule has 0 aliphatic rings. The number of hydrogen-bond acceptors (Lipinski definition) is 4. The van der Waals surface area contributed by atoms with Crippen molar-refractivity contribution < 1.29 is 13.2 Å². The van der Waals surface area contributed by atoms with E-state index in [2.05, 4.69) is 14.9 Å². The molecule has 0 saturated carbocycles. The van der Waals surface area contributed by atoms with Gasteiger partial charge in [-0.1, -0.05) is 48.0 Å². The van der Waals surface area contributed by atoms with Crippen LogP contribution < -0.4 is 4.72 Å². The lowest BCUT2D eigenvalue weighted by Gasteiger charge is -2.17. The Morgan fingerprint density at radius 3 is 2.56 bits per heavy atom. The second-order valence-corrected chi connectivity index (χ2v) is 9.72. The van der Waals surface area contributed by atoms with Crippen molar-refractivity contribution in [3.05, 3.63) is 71.4 Å². The van der Waals surface area contributed by atoms with Crippen LogP contribution in [-0.4, -0.2) is 49.6 Å². The Labute approximate surface area is 189 Å². The van der Waals surface area contributed by atoms with Crippen LogP contribution >= 0.6 is 0 Å². The van der Waals surface area contributed by atoms with Gasteiger partial charge in [0.2, 0.25) is 15.9 Å². The first-order valence-corrected chi connectivity index (χ1v) is 12.1. The molecule has 0 aliphatic carbocycles. The summed E-state index contributed by atoms with van der Waals surface area (Å²) in [5.74, 6) is -0.0945. The molecule has 7 nitrogen and oxygen atoms in total. The lowest BCUT2D eigenvalue weighted by Crippen LogP contribution is -2.33. The number of rotatable bonds is 10. The maximum Gasteiger partial charge on any atom is 0.240 e. The largest absolute Gasteiger partial charge is 0.346 e. The summed E-state index contributed by atoms with van der Waals surface area (Å²) < 4.78 is 27.5. The molecular weight excluding hydrogens is 424 g/mol. The third kappa shape index (κ3) is 6.27. The molecule has 170 valence electrons. The molecule has 0 fully saturated rings. The van der Waals surface area contributed by atoms with Crippen LogP contribution in [0.3, 0.4) is 0 Å². The summed E-state index contributed by atoms with van der Waals surface area (Å²) >= 11 is 0. The van der Waals surface area contributed by atoms with Crippen LogP contribution in [0.5, 0.6) is 0 Å². The van der Waals surface area contributed by atoms with Crippen molar-refractivity contribution in [3.8, 4) is 11.3 Å². The number of carbonyl (C=O) groups excluding carboxylic acids is 1. The Morgan fingerprint density at radius 2 is 1.84 bits per heavy atom. The van der Waals surface area contributed by atoms with E-state index >= 15 is 0 Å². The number of benzene rings is 2. The molecule has 32 heavy (non-hydrogen) atoms. The lowest BCUT2D eigenvalue weighted by molar-refractivity contribution is -0.129. The lowest BCUT2D eigenvalue weighted by atomic mass is 10.1. The van der Waals surface area contributed by atoms with Gasteiger partial charge in [-0.25, -0.2) is 13.1 Å². The van der Waals surface area contributed by atoms with E-state index < -0.39 is 10.0 Å². The van der Waals surface area contributed by atoms with Gasteiger partial charge >= 0.3 is 0 Å². The quantitative estimate of drug-likeness (QED) is 0.490. The number of aromatic amines is 1. The molecule has 8 heteroatoms. The van der Waals surface area contributed by atoms with Gasteiger partial charge in [0.05, 0.1) is 10.6 Å². The highest BCUT2D eigenvalue weighted by molar-refractivity contribution is 7.89. The maximum atomic E-state index is 12.5. The van der Waals surface area contributed by atoms with Gasteiger partial charge in [-0.05, 0) is 44.4 Å². The van der Waals surface area contributed by atoms with Gasteiger partial charge in [0.1, 0.15) is 0 Å². The number of aromatic nitrogens is 2. The monoisotopic (exact) mass is 454 g/mol. The zero-order valence-corrected chi connectivity index (χ0v) is 19.6. The smallest absolute Gasteiger partial charge is 0.240 e. The topological polar surface area (TPSA) is 95.2 Å². The molecule has 0 saturated heterocycles. The minimum absolute atomic E-state index is 0.0693. The van der Waals surface area contributed by atoms with E-state index in [-0.39, 0.29) is 23.8 Å². The predicted molar refractivity (Wildman–Crippen MR) is 126 cm³/mol. The van der Waals surface area contributed by atoms with Crippen LogP contribution in [-0.2, 0) is 21.2 Å². The highest BCUT2D eigenvalue weighted by Crippen LogP contribution is 2.18. The molecule has 0 spiro atoms. The Hall–Kier alpha value is -2.97. The van der Waals surface area contributed by atoms with Crippen molar-refractivity contribution in [2.24, 2.45) is 0 Å². The third-order valence-electron chi connectivity index (χ3n) is 5.32. The summed E-state index contributed by atoms with van der Waals surface area (Å²) in [6, 6.07) is 17.2. The van der Waals surface area contributed by atoms with E-state index in [0.717, 1.165) is 35.4 Å². The molecule has 0 aliphatic heterocycles. The number of aryl methyl sites for hydroxylation is 3. The highest BCUT2D eigenvalue weighted by atomic mass is 32.2. The highest BCUT2D eigenvalue weighted by Gasteiger charge is 2.17. The first-order chi connectivity index (χ1) is 15.3. The fraction of sp³-hybridized carbons (Fsp3) is 0.333. The number of nitrogens with one attached hydrogen (secondary N) is 2. The van der Waals surface area contributed by atoms with Gasteiger partial charge in [0.15, 0.2) is 0 Å². The predicted octanol–water partition coefficient (Wildman–Crippen LogP) is 3.45. The SMILES string of the molecule is Cc1ccc(S(=O)(=O)NCCC(=O)N(C)CCCc2cc(-c3ccccc3)n[nH]2)c(C)c1. The Balaban J connectivity index is 1.42. The van der Waals surface area contributed by atoms with Gasteiger partial charge < -0.3 is 4.90 Å². The minimum Gasteiger partial charge on any atom is -0.346 e. The molecule has 3 rings (SSSR count). The van der Waals surface area contributed by atoms with E-state index in [1.54, 1.807) is 31.0 Å². The van der Waals surface area contributed by atoms with E-state index in [9.17, 15) is 13.2 Å². The average molecular weight is 455 g/mol. The zero-order valence-electron chi connectivity index (χ0n) is 18.8. The van der Waals surface area contributed by atoms with Crippen LogP contribution in [0.4, 0.5) is 0 Å². The van der Waals surface area contributed by atoms with Crippen molar-refractivity contribution in [2.75, 3.05) is 20.1 Å². The molecular formula is C24H30N4O3S. The molecule has 1 aromatic heterocycles. The first-order valence-electron chi connectivity index (χ1n) is 10.7. The Kier molecular flexibility index (Phi) is 7.82. The zero-order chi connectivity index (χ0) is 23.1. The van der Waals surface area contributed by atoms with E-state index in [4.69, 9.17) is 0 Å². The van der Waals surface area contributed by atoms with Gasteiger partial charge in [0, 0.05) is 37.8 Å². The number of amides is 1. The van der Waals surface area contributed by atoms with Crippen LogP contribution in [0.15, 0.2) is 59.5 Å². The number of nitrogens with zero attached hydrogens (tertiary/aromatic N) is 2. The van der Waals surface area contributed by atoms with Crippen molar-refractivity contribution >= 4 is 15.9 Å². The van der Waals surface area contributed by atoms with E-state index in [0.29, 0.717) is 12.1 Å². The van der Waals surface area contributed by atoms with E-state index in [1.807, 2.05) is 49.4 Å². The molecule has 0 bridgehead atoms. The summed E-state index contributed by atoms with van der Waals surface area (Å²) in [6.45, 7) is 4.34. The summed E-state index contributed by atoms with van der Waals surface area (Å²) in [5.41, 5.74) is 4.68. The number of H-pyrrole nitrogens is 1. The molecule has 1 amide bonds. The van der Waals surface area contributed by atoms with Crippen LogP contribution in [0.1, 0.15) is 29.7 Å².